The number of nitrogens with one attached hydrogen (secondary N) is 1. The number of amides is 1. The molecule has 2 aromatic rings. The first kappa shape index (κ1) is 15.6. The zero-order valence-corrected chi connectivity index (χ0v) is 12.5. The Hall–Kier alpha value is -2.32. The van der Waals surface area contributed by atoms with Crippen LogP contribution >= 0.6 is 0 Å². The number of fused-ring (bicyclic) bond motifs is 1. The average Bonchev–Trinajstić information content (AvgIpc) is 3.15. The Balaban J connectivity index is 1.88. The van der Waals surface area contributed by atoms with E-state index in [0.29, 0.717) is 5.82 Å². The lowest BCUT2D eigenvalue weighted by molar-refractivity contribution is -0.149. The van der Waals surface area contributed by atoms with Crippen LogP contribution in [-0.4, -0.2) is 45.8 Å². The molecule has 3 rings (SSSR count). The lowest BCUT2D eigenvalue weighted by Gasteiger charge is -2.17. The molecule has 1 amide bonds. The fourth-order valence-electron chi connectivity index (χ4n) is 2.50. The van der Waals surface area contributed by atoms with Gasteiger partial charge in [0.1, 0.15) is 17.4 Å². The maximum Gasteiger partial charge on any atom is 0.408 e. The summed E-state index contributed by atoms with van der Waals surface area (Å²) in [6, 6.07) is -0.155. The zero-order valence-electron chi connectivity index (χ0n) is 12.5. The third-order valence-corrected chi connectivity index (χ3v) is 3.87. The number of aromatic nitrogens is 3. The molecule has 1 atom stereocenters. The Bertz CT molecular complexity index is 721. The molecule has 0 aliphatic carbocycles. The van der Waals surface area contributed by atoms with Crippen LogP contribution in [0.2, 0.25) is 0 Å². The number of hydrogen-bond donors (Lipinski definition) is 1. The lowest BCUT2D eigenvalue weighted by atomic mass is 10.2. The molecule has 1 N–H and O–H groups in total. The van der Waals surface area contributed by atoms with Crippen molar-refractivity contribution in [3.8, 4) is 0 Å². The number of hydrogen-bond acceptors (Lipinski definition) is 4. The number of alkyl halides is 3. The van der Waals surface area contributed by atoms with Crippen LogP contribution in [0.15, 0.2) is 18.5 Å². The van der Waals surface area contributed by atoms with Crippen molar-refractivity contribution in [2.24, 2.45) is 0 Å². The minimum absolute atomic E-state index is 0.0298. The van der Waals surface area contributed by atoms with Gasteiger partial charge in [-0.2, -0.15) is 18.3 Å². The molecule has 23 heavy (non-hydrogen) atoms. The van der Waals surface area contributed by atoms with Gasteiger partial charge in [0.2, 0.25) is 0 Å². The van der Waals surface area contributed by atoms with E-state index in [1.54, 1.807) is 12.3 Å². The van der Waals surface area contributed by atoms with E-state index >= 15 is 0 Å². The first-order chi connectivity index (χ1) is 10.9. The first-order valence-electron chi connectivity index (χ1n) is 7.33. The lowest BCUT2D eigenvalue weighted by Crippen LogP contribution is -2.43. The second-order valence-corrected chi connectivity index (χ2v) is 5.54. The average molecular weight is 327 g/mol. The normalized spacial score (nSPS) is 16.8. The van der Waals surface area contributed by atoms with E-state index in [9.17, 15) is 18.0 Å². The highest BCUT2D eigenvalue weighted by atomic mass is 19.4. The van der Waals surface area contributed by atoms with Crippen molar-refractivity contribution in [2.45, 2.75) is 32.0 Å². The smallest absolute Gasteiger partial charge is 0.357 e. The van der Waals surface area contributed by atoms with Crippen LogP contribution in [0.25, 0.3) is 5.65 Å². The molecule has 6 nitrogen and oxygen atoms in total. The SMILES string of the molecule is CC(NC(=O)c1cnn2ccc(N3CCCC3)nc12)C(F)(F)F. The molecule has 1 saturated heterocycles. The van der Waals surface area contributed by atoms with Crippen molar-refractivity contribution >= 4 is 17.4 Å². The van der Waals surface area contributed by atoms with Gasteiger partial charge in [0.15, 0.2) is 5.65 Å². The number of anilines is 1. The summed E-state index contributed by atoms with van der Waals surface area (Å²) in [6.45, 7) is 2.65. The van der Waals surface area contributed by atoms with E-state index < -0.39 is 18.1 Å². The van der Waals surface area contributed by atoms with Gasteiger partial charge in [-0.25, -0.2) is 9.50 Å². The van der Waals surface area contributed by atoms with Crippen LogP contribution in [0.3, 0.4) is 0 Å². The van der Waals surface area contributed by atoms with Gasteiger partial charge in [-0.15, -0.1) is 0 Å². The van der Waals surface area contributed by atoms with Gasteiger partial charge in [-0.05, 0) is 25.8 Å². The molecule has 0 spiro atoms. The minimum Gasteiger partial charge on any atom is -0.357 e. The van der Waals surface area contributed by atoms with Gasteiger partial charge in [0.25, 0.3) is 5.91 Å². The summed E-state index contributed by atoms with van der Waals surface area (Å²) in [6.07, 6.45) is 0.534. The molecule has 0 aromatic carbocycles. The van der Waals surface area contributed by atoms with Gasteiger partial charge in [0.05, 0.1) is 6.20 Å². The topological polar surface area (TPSA) is 62.5 Å². The van der Waals surface area contributed by atoms with Gasteiger partial charge in [-0.3, -0.25) is 4.79 Å². The molecule has 1 unspecified atom stereocenters. The predicted octanol–water partition coefficient (Wildman–Crippen LogP) is 2.01. The minimum atomic E-state index is -4.49. The number of nitrogens with zero attached hydrogens (tertiary/aromatic N) is 4. The van der Waals surface area contributed by atoms with Crippen molar-refractivity contribution in [2.75, 3.05) is 18.0 Å². The molecule has 2 aromatic heterocycles. The van der Waals surface area contributed by atoms with E-state index in [4.69, 9.17) is 0 Å². The highest BCUT2D eigenvalue weighted by Gasteiger charge is 2.37. The van der Waals surface area contributed by atoms with Crippen molar-refractivity contribution in [3.05, 3.63) is 24.0 Å². The Morgan fingerprint density at radius 2 is 2.04 bits per heavy atom. The van der Waals surface area contributed by atoms with Crippen LogP contribution < -0.4 is 10.2 Å². The third-order valence-electron chi connectivity index (χ3n) is 3.87. The molecule has 1 aliphatic heterocycles. The quantitative estimate of drug-likeness (QED) is 0.937. The van der Waals surface area contributed by atoms with Gasteiger partial charge in [0, 0.05) is 19.3 Å². The molecular weight excluding hydrogens is 311 g/mol. The van der Waals surface area contributed by atoms with Crippen LogP contribution in [0.1, 0.15) is 30.1 Å². The third kappa shape index (κ3) is 3.08. The van der Waals surface area contributed by atoms with Crippen molar-refractivity contribution < 1.29 is 18.0 Å². The second-order valence-electron chi connectivity index (χ2n) is 5.54. The first-order valence-corrected chi connectivity index (χ1v) is 7.33. The largest absolute Gasteiger partial charge is 0.408 e. The maximum atomic E-state index is 12.6. The summed E-state index contributed by atoms with van der Waals surface area (Å²) in [5.41, 5.74) is 0.281. The second kappa shape index (κ2) is 5.71. The Labute approximate surface area is 130 Å². The van der Waals surface area contributed by atoms with Gasteiger partial charge in [-0.1, -0.05) is 0 Å². The Morgan fingerprint density at radius 3 is 2.70 bits per heavy atom. The van der Waals surface area contributed by atoms with Crippen molar-refractivity contribution in [1.82, 2.24) is 19.9 Å². The standard InChI is InChI=1S/C14H16F3N5O/c1-9(14(15,16)17)19-13(23)10-8-18-22-7-4-11(20-12(10)22)21-5-2-3-6-21/h4,7-9H,2-3,5-6H2,1H3,(H,19,23). The molecule has 3 heterocycles. The maximum absolute atomic E-state index is 12.6. The molecule has 0 saturated carbocycles. The summed E-state index contributed by atoms with van der Waals surface area (Å²) in [5.74, 6) is -0.135. The van der Waals surface area contributed by atoms with Crippen LogP contribution in [0.4, 0.5) is 19.0 Å². The van der Waals surface area contributed by atoms with Gasteiger partial charge >= 0.3 is 6.18 Å². The van der Waals surface area contributed by atoms with E-state index in [0.717, 1.165) is 32.9 Å². The summed E-state index contributed by atoms with van der Waals surface area (Å²) >= 11 is 0. The monoisotopic (exact) mass is 327 g/mol. The zero-order chi connectivity index (χ0) is 16.6. The number of carbonyl (C=O) groups excluding carboxylic acids is 1. The van der Waals surface area contributed by atoms with E-state index in [2.05, 4.69) is 15.0 Å². The van der Waals surface area contributed by atoms with Crippen molar-refractivity contribution in [3.63, 3.8) is 0 Å². The number of halogens is 3. The predicted molar refractivity (Wildman–Crippen MR) is 77.4 cm³/mol. The molecule has 124 valence electrons. The fraction of sp³-hybridized carbons (Fsp3) is 0.500. The molecule has 9 heteroatoms. The number of carbonyl (C=O) groups is 1. The molecule has 1 aliphatic rings. The summed E-state index contributed by atoms with van der Waals surface area (Å²) < 4.78 is 39.1. The molecular formula is C14H16F3N5O. The van der Waals surface area contributed by atoms with Crippen LogP contribution in [-0.2, 0) is 0 Å². The van der Waals surface area contributed by atoms with Crippen molar-refractivity contribution in [1.29, 1.82) is 0 Å². The Morgan fingerprint density at radius 1 is 1.35 bits per heavy atom. The van der Waals surface area contributed by atoms with Crippen LogP contribution in [0, 0.1) is 0 Å². The highest BCUT2D eigenvalue weighted by Crippen LogP contribution is 2.22. The van der Waals surface area contributed by atoms with E-state index in [1.165, 1.54) is 10.7 Å². The Kier molecular flexibility index (Phi) is 3.87. The van der Waals surface area contributed by atoms with Crippen LogP contribution in [0.5, 0.6) is 0 Å². The fourth-order valence-corrected chi connectivity index (χ4v) is 2.50. The summed E-state index contributed by atoms with van der Waals surface area (Å²) in [4.78, 5) is 18.6. The molecule has 1 fully saturated rings. The van der Waals surface area contributed by atoms with E-state index in [-0.39, 0.29) is 11.2 Å². The highest BCUT2D eigenvalue weighted by molar-refractivity contribution is 5.99. The van der Waals surface area contributed by atoms with E-state index in [1.807, 2.05) is 5.32 Å². The summed E-state index contributed by atoms with van der Waals surface area (Å²) in [5, 5.41) is 5.90. The van der Waals surface area contributed by atoms with Gasteiger partial charge < -0.3 is 10.2 Å². The number of rotatable bonds is 3. The summed E-state index contributed by atoms with van der Waals surface area (Å²) in [7, 11) is 0. The molecule has 0 bridgehead atoms. The molecule has 0 radical (unpaired) electrons.